The third kappa shape index (κ3) is 14.0. The Bertz CT molecular complexity index is 381. The molecule has 6 heteroatoms. The number of hydrogen-bond donors (Lipinski definition) is 0. The van der Waals surface area contributed by atoms with Crippen LogP contribution in [-0.4, -0.2) is 28.1 Å². The van der Waals surface area contributed by atoms with E-state index in [2.05, 4.69) is 83.1 Å². The van der Waals surface area contributed by atoms with Gasteiger partial charge in [0, 0.05) is 0 Å². The van der Waals surface area contributed by atoms with Crippen LogP contribution in [0.4, 0.5) is 0 Å². The summed E-state index contributed by atoms with van der Waals surface area (Å²) in [6, 6.07) is 3.41. The van der Waals surface area contributed by atoms with Crippen molar-refractivity contribution in [2.45, 2.75) is 101 Å². The molecule has 0 N–H and O–H groups in total. The van der Waals surface area contributed by atoms with Crippen molar-refractivity contribution < 1.29 is 31.1 Å². The fraction of sp³-hybridized carbons (Fsp3) is 1.00. The molecule has 0 amide bonds. The molecule has 182 valence electrons. The summed E-state index contributed by atoms with van der Waals surface area (Å²) in [5.41, 5.74) is 0. The zero-order chi connectivity index (χ0) is 23.5. The van der Waals surface area contributed by atoms with E-state index in [1.165, 1.54) is 0 Å². The first kappa shape index (κ1) is 30.8. The molecule has 0 atom stereocenters. The molecule has 0 aromatic rings. The van der Waals surface area contributed by atoms with E-state index in [0.29, 0.717) is 55.3 Å². The number of rotatable bonds is 17. The number of hydrogen-bond acceptors (Lipinski definition) is 4. The van der Waals surface area contributed by atoms with Crippen LogP contribution in [0.5, 0.6) is 0 Å². The molecule has 4 nitrogen and oxygen atoms in total. The minimum absolute atomic E-state index is 0.417. The molecule has 0 aliphatic carbocycles. The molecule has 0 radical (unpaired) electrons. The van der Waals surface area contributed by atoms with E-state index in [4.69, 9.17) is 13.0 Å². The van der Waals surface area contributed by atoms with E-state index in [9.17, 15) is 0 Å². The van der Waals surface area contributed by atoms with Crippen LogP contribution in [0.3, 0.4) is 0 Å². The maximum absolute atomic E-state index is 7.27. The van der Waals surface area contributed by atoms with E-state index >= 15 is 0 Å². The predicted molar refractivity (Wildman–Crippen MR) is 128 cm³/mol. The molecule has 0 bridgehead atoms. The van der Waals surface area contributed by atoms with Crippen molar-refractivity contribution >= 4 is 8.32 Å². The van der Waals surface area contributed by atoms with Gasteiger partial charge in [0.1, 0.15) is 0 Å². The van der Waals surface area contributed by atoms with E-state index in [0.717, 1.165) is 18.1 Å². The fourth-order valence-corrected chi connectivity index (χ4v) is 17.2. The molecular formula is C24H54O4SiTi. The Kier molecular flexibility index (Phi) is 15.2. The Hall–Kier alpha value is 0.771. The second kappa shape index (κ2) is 14.8. The van der Waals surface area contributed by atoms with Crippen LogP contribution < -0.4 is 0 Å². The third-order valence-corrected chi connectivity index (χ3v) is 15.5. The molecular weight excluding hydrogens is 428 g/mol. The summed E-state index contributed by atoms with van der Waals surface area (Å²) in [5, 5.41) is 0. The Morgan fingerprint density at radius 3 is 0.933 bits per heavy atom. The molecule has 0 aromatic carbocycles. The fourth-order valence-electron chi connectivity index (χ4n) is 3.89. The van der Waals surface area contributed by atoms with Gasteiger partial charge in [-0.05, 0) is 0 Å². The van der Waals surface area contributed by atoms with Crippen LogP contribution in [0, 0.1) is 35.5 Å². The standard InChI is InChI=1S/C12H27OSi.3C4H9O.Ti/c1-10(2)7-14(13,8-11(3)4)9-12(5)6;3*1-4(2)3-5;/h10-12H,7-9H2,1-6H3;3*4H,3H2,1-2H3;/q4*-1;+4. The maximum atomic E-state index is 7.27. The molecule has 0 aromatic heterocycles. The normalized spacial score (nSPS) is 13.8. The van der Waals surface area contributed by atoms with E-state index in [1.54, 1.807) is 0 Å². The second-order valence-electron chi connectivity index (χ2n) is 11.7. The quantitative estimate of drug-likeness (QED) is 0.199. The van der Waals surface area contributed by atoms with Crippen LogP contribution in [0.1, 0.15) is 83.1 Å². The first-order chi connectivity index (χ1) is 13.7. The molecule has 30 heavy (non-hydrogen) atoms. The zero-order valence-electron chi connectivity index (χ0n) is 22.3. The molecule has 0 fully saturated rings. The Morgan fingerprint density at radius 1 is 0.467 bits per heavy atom. The van der Waals surface area contributed by atoms with Crippen molar-refractivity contribution in [1.82, 2.24) is 0 Å². The topological polar surface area (TPSA) is 36.9 Å². The first-order valence-corrected chi connectivity index (χ1v) is 17.4. The van der Waals surface area contributed by atoms with E-state index in [-0.39, 0.29) is 0 Å². The van der Waals surface area contributed by atoms with Gasteiger partial charge in [-0.2, -0.15) is 0 Å². The zero-order valence-corrected chi connectivity index (χ0v) is 24.9. The predicted octanol–water partition coefficient (Wildman–Crippen LogP) is 7.75. The molecule has 0 saturated carbocycles. The Labute approximate surface area is 195 Å². The molecule has 0 saturated heterocycles. The van der Waals surface area contributed by atoms with Crippen LogP contribution >= 0.6 is 0 Å². The van der Waals surface area contributed by atoms with Gasteiger partial charge < -0.3 is 0 Å². The van der Waals surface area contributed by atoms with Gasteiger partial charge in [-0.3, -0.25) is 0 Å². The van der Waals surface area contributed by atoms with Crippen molar-refractivity contribution in [1.29, 1.82) is 0 Å². The summed E-state index contributed by atoms with van der Waals surface area (Å²) in [7, 11) is -2.13. The third-order valence-electron chi connectivity index (χ3n) is 4.46. The van der Waals surface area contributed by atoms with Crippen LogP contribution in [-0.2, 0) is 31.1 Å². The van der Waals surface area contributed by atoms with Crippen molar-refractivity contribution in [2.75, 3.05) is 19.8 Å². The minimum atomic E-state index is -3.91. The SMILES string of the molecule is CC(C)C[O][Ti]([O]CC(C)C)([O]CC(C)C)[O][Si](CC(C)C)(CC(C)C)CC(C)C. The average molecular weight is 483 g/mol. The summed E-state index contributed by atoms with van der Waals surface area (Å²) < 4.78 is 26.9. The molecule has 0 aliphatic rings. The van der Waals surface area contributed by atoms with Gasteiger partial charge in [0.05, 0.1) is 0 Å². The van der Waals surface area contributed by atoms with Crippen molar-refractivity contribution in [2.24, 2.45) is 35.5 Å². The average Bonchev–Trinajstić information content (AvgIpc) is 2.53. The molecule has 0 aliphatic heterocycles. The van der Waals surface area contributed by atoms with Gasteiger partial charge in [0.25, 0.3) is 0 Å². The summed E-state index contributed by atoms with van der Waals surface area (Å²) in [5.74, 6) is 3.03. The van der Waals surface area contributed by atoms with Crippen LogP contribution in [0.25, 0.3) is 0 Å². The van der Waals surface area contributed by atoms with Gasteiger partial charge in [-0.1, -0.05) is 0 Å². The summed E-state index contributed by atoms with van der Waals surface area (Å²) >= 11 is -3.91. The van der Waals surface area contributed by atoms with E-state index in [1.807, 2.05) is 0 Å². The van der Waals surface area contributed by atoms with Crippen molar-refractivity contribution in [3.05, 3.63) is 0 Å². The van der Waals surface area contributed by atoms with Gasteiger partial charge >= 0.3 is 196 Å². The molecule has 0 rings (SSSR count). The molecule has 0 heterocycles. The molecule has 0 spiro atoms. The van der Waals surface area contributed by atoms with Gasteiger partial charge in [-0.25, -0.2) is 0 Å². The molecule has 0 unspecified atom stereocenters. The Balaban J connectivity index is 6.17. The Morgan fingerprint density at radius 2 is 0.733 bits per heavy atom. The van der Waals surface area contributed by atoms with Gasteiger partial charge in [-0.15, -0.1) is 0 Å². The summed E-state index contributed by atoms with van der Waals surface area (Å²) in [4.78, 5) is 0. The van der Waals surface area contributed by atoms with Crippen LogP contribution in [0.15, 0.2) is 0 Å². The van der Waals surface area contributed by atoms with E-state index < -0.39 is 26.5 Å². The summed E-state index contributed by atoms with van der Waals surface area (Å²) in [6.07, 6.45) is 0. The summed E-state index contributed by atoms with van der Waals surface area (Å²) in [6.45, 7) is 28.9. The van der Waals surface area contributed by atoms with Crippen molar-refractivity contribution in [3.63, 3.8) is 0 Å². The van der Waals surface area contributed by atoms with Gasteiger partial charge in [0.2, 0.25) is 0 Å². The monoisotopic (exact) mass is 482 g/mol. The second-order valence-corrected chi connectivity index (χ2v) is 19.4. The van der Waals surface area contributed by atoms with Crippen molar-refractivity contribution in [3.8, 4) is 0 Å². The van der Waals surface area contributed by atoms with Crippen LogP contribution in [0.2, 0.25) is 18.1 Å². The first-order valence-electron chi connectivity index (χ1n) is 12.3. The van der Waals surface area contributed by atoms with Gasteiger partial charge in [0.15, 0.2) is 0 Å².